The molecule has 23 heavy (non-hydrogen) atoms. The van der Waals surface area contributed by atoms with Crippen LogP contribution in [0, 0.1) is 0 Å². The van der Waals surface area contributed by atoms with Gasteiger partial charge in [-0.2, -0.15) is 0 Å². The monoisotopic (exact) mass is 308 g/mol. The minimum absolute atomic E-state index is 0.166. The second-order valence-electron chi connectivity index (χ2n) is 4.59. The summed E-state index contributed by atoms with van der Waals surface area (Å²) in [6, 6.07) is 17.9. The van der Waals surface area contributed by atoms with Crippen LogP contribution in [0.25, 0.3) is 0 Å². The molecule has 0 spiro atoms. The van der Waals surface area contributed by atoms with Crippen molar-refractivity contribution in [3.63, 3.8) is 0 Å². The summed E-state index contributed by atoms with van der Waals surface area (Å²) in [7, 11) is 0. The molecule has 0 atom stereocenters. The standard InChI is InChI=1S/C16H12N4O3/c21-17-13(11-7-3-1-4-8-11)15-16(20-23-19-15)14(18-22)12-9-5-2-6-10-12/h1-10,21-22H/b17-13-,18-14-. The molecule has 7 heteroatoms. The molecular weight excluding hydrogens is 296 g/mol. The lowest BCUT2D eigenvalue weighted by Crippen LogP contribution is -2.13. The van der Waals surface area contributed by atoms with Gasteiger partial charge in [0.25, 0.3) is 0 Å². The molecule has 7 nitrogen and oxygen atoms in total. The smallest absolute Gasteiger partial charge is 0.167 e. The molecule has 0 aliphatic heterocycles. The van der Waals surface area contributed by atoms with E-state index in [-0.39, 0.29) is 22.8 Å². The highest BCUT2D eigenvalue weighted by Gasteiger charge is 2.24. The zero-order chi connectivity index (χ0) is 16.1. The van der Waals surface area contributed by atoms with E-state index in [2.05, 4.69) is 20.6 Å². The summed E-state index contributed by atoms with van der Waals surface area (Å²) in [4.78, 5) is 0. The Morgan fingerprint density at radius 3 is 1.43 bits per heavy atom. The highest BCUT2D eigenvalue weighted by Crippen LogP contribution is 2.16. The van der Waals surface area contributed by atoms with Crippen molar-refractivity contribution in [1.29, 1.82) is 0 Å². The van der Waals surface area contributed by atoms with E-state index in [4.69, 9.17) is 4.63 Å². The van der Waals surface area contributed by atoms with Crippen molar-refractivity contribution in [2.24, 2.45) is 10.3 Å². The van der Waals surface area contributed by atoms with Gasteiger partial charge in [0.05, 0.1) is 0 Å². The second kappa shape index (κ2) is 6.52. The highest BCUT2D eigenvalue weighted by atomic mass is 16.6. The Labute approximate surface area is 131 Å². The van der Waals surface area contributed by atoms with Crippen molar-refractivity contribution in [3.8, 4) is 0 Å². The first-order valence-electron chi connectivity index (χ1n) is 6.73. The molecule has 0 unspecified atom stereocenters. The first-order chi connectivity index (χ1) is 11.3. The van der Waals surface area contributed by atoms with Gasteiger partial charge in [-0.25, -0.2) is 4.63 Å². The summed E-state index contributed by atoms with van der Waals surface area (Å²) in [6.45, 7) is 0. The highest BCUT2D eigenvalue weighted by molar-refractivity contribution is 6.20. The van der Waals surface area contributed by atoms with E-state index < -0.39 is 0 Å². The maximum Gasteiger partial charge on any atom is 0.167 e. The first-order valence-corrected chi connectivity index (χ1v) is 6.73. The number of hydrogen-bond acceptors (Lipinski definition) is 7. The van der Waals surface area contributed by atoms with Gasteiger partial charge < -0.3 is 10.4 Å². The zero-order valence-corrected chi connectivity index (χ0v) is 11.9. The predicted molar refractivity (Wildman–Crippen MR) is 82.0 cm³/mol. The third-order valence-electron chi connectivity index (χ3n) is 3.23. The molecule has 3 aromatic rings. The van der Waals surface area contributed by atoms with Gasteiger partial charge >= 0.3 is 0 Å². The molecule has 1 heterocycles. The molecule has 0 saturated heterocycles. The van der Waals surface area contributed by atoms with Crippen LogP contribution < -0.4 is 0 Å². The van der Waals surface area contributed by atoms with Gasteiger partial charge in [0.1, 0.15) is 11.4 Å². The van der Waals surface area contributed by atoms with Crippen LogP contribution in [0.1, 0.15) is 22.5 Å². The maximum absolute atomic E-state index is 9.38. The molecule has 114 valence electrons. The minimum atomic E-state index is 0.166. The normalized spacial score (nSPS) is 12.3. The molecule has 0 saturated carbocycles. The van der Waals surface area contributed by atoms with Crippen LogP contribution in [0.15, 0.2) is 75.6 Å². The molecule has 0 amide bonds. The summed E-state index contributed by atoms with van der Waals surface area (Å²) in [6.07, 6.45) is 0. The van der Waals surface area contributed by atoms with Gasteiger partial charge in [-0.15, -0.1) is 0 Å². The summed E-state index contributed by atoms with van der Waals surface area (Å²) in [5.41, 5.74) is 1.93. The van der Waals surface area contributed by atoms with Crippen LogP contribution in [0.4, 0.5) is 0 Å². The second-order valence-corrected chi connectivity index (χ2v) is 4.59. The molecule has 0 fully saturated rings. The molecule has 0 bridgehead atoms. The third-order valence-corrected chi connectivity index (χ3v) is 3.23. The predicted octanol–water partition coefficient (Wildman–Crippen LogP) is 2.52. The van der Waals surface area contributed by atoms with Crippen LogP contribution in [-0.2, 0) is 0 Å². The summed E-state index contributed by atoms with van der Waals surface area (Å²) in [5, 5.41) is 32.9. The molecule has 1 aromatic heterocycles. The van der Waals surface area contributed by atoms with E-state index in [1.165, 1.54) is 0 Å². The number of benzene rings is 2. The molecule has 0 aliphatic carbocycles. The van der Waals surface area contributed by atoms with E-state index in [1.807, 2.05) is 12.1 Å². The SMILES string of the molecule is O/N=C(/c1ccccc1)c1nonc1/C(=N\O)c1ccccc1. The van der Waals surface area contributed by atoms with Crippen LogP contribution in [0.5, 0.6) is 0 Å². The van der Waals surface area contributed by atoms with Crippen molar-refractivity contribution < 1.29 is 15.0 Å². The van der Waals surface area contributed by atoms with Crippen molar-refractivity contribution >= 4 is 11.4 Å². The van der Waals surface area contributed by atoms with Gasteiger partial charge in [0.15, 0.2) is 11.4 Å². The van der Waals surface area contributed by atoms with Gasteiger partial charge in [0, 0.05) is 11.1 Å². The summed E-state index contributed by atoms with van der Waals surface area (Å²) < 4.78 is 4.77. The van der Waals surface area contributed by atoms with Crippen molar-refractivity contribution in [2.75, 3.05) is 0 Å². The third kappa shape index (κ3) is 2.80. The number of hydrogen-bond donors (Lipinski definition) is 2. The molecule has 0 radical (unpaired) electrons. The average molecular weight is 308 g/mol. The number of oxime groups is 2. The Balaban J connectivity index is 2.09. The van der Waals surface area contributed by atoms with Crippen LogP contribution >= 0.6 is 0 Å². The van der Waals surface area contributed by atoms with Crippen molar-refractivity contribution in [2.45, 2.75) is 0 Å². The molecule has 2 N–H and O–H groups in total. The minimum Gasteiger partial charge on any atom is -0.410 e. The Morgan fingerprint density at radius 1 is 0.696 bits per heavy atom. The lowest BCUT2D eigenvalue weighted by Gasteiger charge is -2.04. The molecule has 3 rings (SSSR count). The fraction of sp³-hybridized carbons (Fsp3) is 0. The number of aromatic nitrogens is 2. The molecular formula is C16H12N4O3. The van der Waals surface area contributed by atoms with Crippen LogP contribution in [0.2, 0.25) is 0 Å². The van der Waals surface area contributed by atoms with E-state index in [0.29, 0.717) is 11.1 Å². The van der Waals surface area contributed by atoms with E-state index in [0.717, 1.165) is 0 Å². The average Bonchev–Trinajstić information content (AvgIpc) is 3.07. The fourth-order valence-electron chi connectivity index (χ4n) is 2.17. The van der Waals surface area contributed by atoms with Gasteiger partial charge in [-0.1, -0.05) is 71.0 Å². The van der Waals surface area contributed by atoms with Gasteiger partial charge in [-0.3, -0.25) is 0 Å². The first kappa shape index (κ1) is 14.5. The van der Waals surface area contributed by atoms with Crippen molar-refractivity contribution in [1.82, 2.24) is 10.3 Å². The topological polar surface area (TPSA) is 104 Å². The zero-order valence-electron chi connectivity index (χ0n) is 11.9. The van der Waals surface area contributed by atoms with E-state index in [1.54, 1.807) is 48.5 Å². The fourth-order valence-corrected chi connectivity index (χ4v) is 2.17. The molecule has 0 aliphatic rings. The Bertz CT molecular complexity index is 772. The van der Waals surface area contributed by atoms with Crippen molar-refractivity contribution in [3.05, 3.63) is 83.2 Å². The van der Waals surface area contributed by atoms with E-state index in [9.17, 15) is 10.4 Å². The Hall–Kier alpha value is -3.48. The lowest BCUT2D eigenvalue weighted by atomic mass is 10.0. The Morgan fingerprint density at radius 2 is 1.09 bits per heavy atom. The maximum atomic E-state index is 9.38. The molecule has 2 aromatic carbocycles. The number of nitrogens with zero attached hydrogens (tertiary/aromatic N) is 4. The summed E-state index contributed by atoms with van der Waals surface area (Å²) >= 11 is 0. The van der Waals surface area contributed by atoms with Crippen LogP contribution in [-0.4, -0.2) is 32.2 Å². The summed E-state index contributed by atoms with van der Waals surface area (Å²) in [5.74, 6) is 0. The largest absolute Gasteiger partial charge is 0.410 e. The number of rotatable bonds is 4. The van der Waals surface area contributed by atoms with E-state index >= 15 is 0 Å². The lowest BCUT2D eigenvalue weighted by molar-refractivity contribution is 0.301. The quantitative estimate of drug-likeness (QED) is 0.438. The Kier molecular flexibility index (Phi) is 4.10. The van der Waals surface area contributed by atoms with Gasteiger partial charge in [0.2, 0.25) is 0 Å². The van der Waals surface area contributed by atoms with Crippen LogP contribution in [0.3, 0.4) is 0 Å². The van der Waals surface area contributed by atoms with Gasteiger partial charge in [-0.05, 0) is 10.3 Å².